The average molecular weight is 314 g/mol. The van der Waals surface area contributed by atoms with E-state index in [0.717, 1.165) is 45.9 Å². The Morgan fingerprint density at radius 3 is 3.13 bits per heavy atom. The van der Waals surface area contributed by atoms with Crippen molar-refractivity contribution in [2.24, 2.45) is 5.92 Å². The quantitative estimate of drug-likeness (QED) is 0.832. The Hall–Kier alpha value is -1.36. The average Bonchev–Trinajstić information content (AvgIpc) is 3.14. The third-order valence-electron chi connectivity index (χ3n) is 5.48. The molecule has 2 aromatic rings. The molecule has 0 saturated carbocycles. The molecule has 23 heavy (non-hydrogen) atoms. The van der Waals surface area contributed by atoms with Gasteiger partial charge < -0.3 is 14.5 Å². The highest BCUT2D eigenvalue weighted by molar-refractivity contribution is 5.82. The number of likely N-dealkylation sites (tertiary alicyclic amines) is 1. The smallest absolute Gasteiger partial charge is 0.0964 e. The highest BCUT2D eigenvalue weighted by atomic mass is 16.5. The van der Waals surface area contributed by atoms with Crippen LogP contribution in [-0.2, 0) is 16.0 Å². The summed E-state index contributed by atoms with van der Waals surface area (Å²) in [5, 5.41) is 1.34. The summed E-state index contributed by atoms with van der Waals surface area (Å²) in [4.78, 5) is 5.81. The van der Waals surface area contributed by atoms with Gasteiger partial charge in [-0.25, -0.2) is 0 Å². The van der Waals surface area contributed by atoms with Gasteiger partial charge >= 0.3 is 0 Å². The third kappa shape index (κ3) is 2.80. The zero-order chi connectivity index (χ0) is 15.7. The van der Waals surface area contributed by atoms with E-state index in [1.807, 2.05) is 6.20 Å². The summed E-state index contributed by atoms with van der Waals surface area (Å²) in [7, 11) is 0. The summed E-state index contributed by atoms with van der Waals surface area (Å²) >= 11 is 0. The molecule has 2 fully saturated rings. The lowest BCUT2D eigenvalue weighted by molar-refractivity contribution is -0.138. The Labute approximate surface area is 137 Å². The highest BCUT2D eigenvalue weighted by Gasteiger charge is 2.52. The number of nitrogens with zero attached hydrogens (tertiary/aromatic N) is 1. The molecule has 0 amide bonds. The van der Waals surface area contributed by atoms with E-state index >= 15 is 0 Å². The second-order valence-electron chi connectivity index (χ2n) is 6.89. The molecule has 0 radical (unpaired) electrons. The van der Waals surface area contributed by atoms with Crippen molar-refractivity contribution >= 4 is 10.9 Å². The summed E-state index contributed by atoms with van der Waals surface area (Å²) in [5.41, 5.74) is 2.73. The molecule has 1 aromatic carbocycles. The molecule has 0 unspecified atom stereocenters. The van der Waals surface area contributed by atoms with Gasteiger partial charge in [0.15, 0.2) is 0 Å². The maximum absolute atomic E-state index is 6.16. The predicted molar refractivity (Wildman–Crippen MR) is 91.5 cm³/mol. The summed E-state index contributed by atoms with van der Waals surface area (Å²) in [5.74, 6) is 0.661. The van der Waals surface area contributed by atoms with Gasteiger partial charge in [-0.15, -0.1) is 0 Å². The molecule has 2 aliphatic heterocycles. The molecule has 3 heterocycles. The van der Waals surface area contributed by atoms with Crippen LogP contribution in [0, 0.1) is 5.92 Å². The molecule has 0 aliphatic carbocycles. The van der Waals surface area contributed by atoms with Crippen LogP contribution in [0.25, 0.3) is 10.9 Å². The number of hydrogen-bond donors (Lipinski definition) is 1. The first kappa shape index (κ1) is 15.2. The van der Waals surface area contributed by atoms with Gasteiger partial charge in [-0.2, -0.15) is 0 Å². The molecule has 1 spiro atoms. The van der Waals surface area contributed by atoms with E-state index in [9.17, 15) is 0 Å². The number of nitrogens with one attached hydrogen (secondary N) is 1. The van der Waals surface area contributed by atoms with Crippen molar-refractivity contribution < 1.29 is 9.47 Å². The van der Waals surface area contributed by atoms with Crippen LogP contribution >= 0.6 is 0 Å². The Bertz CT molecular complexity index is 660. The molecule has 2 aliphatic rings. The first-order valence-electron chi connectivity index (χ1n) is 8.80. The molecule has 4 rings (SSSR count). The summed E-state index contributed by atoms with van der Waals surface area (Å²) in [6.07, 6.45) is 4.35. The minimum absolute atomic E-state index is 0.100. The van der Waals surface area contributed by atoms with Gasteiger partial charge in [-0.3, -0.25) is 4.90 Å². The lowest BCUT2D eigenvalue weighted by Gasteiger charge is -2.50. The van der Waals surface area contributed by atoms with Crippen LogP contribution in [0.2, 0.25) is 0 Å². The predicted octanol–water partition coefficient (Wildman–Crippen LogP) is 3.19. The van der Waals surface area contributed by atoms with Gasteiger partial charge in [0.2, 0.25) is 0 Å². The van der Waals surface area contributed by atoms with E-state index in [2.05, 4.69) is 41.1 Å². The standard InChI is InChI=1S/C19H26N2O2/c1-2-22-10-7-16-8-11-23-19(16)13-21(14-19)12-15-4-3-5-18-17(15)6-9-20-18/h3-6,9,16,20H,2,7-8,10-14H2,1H3/t16-/m1/s1. The first-order valence-corrected chi connectivity index (χ1v) is 8.80. The molecular formula is C19H26N2O2. The van der Waals surface area contributed by atoms with Gasteiger partial charge in [0.1, 0.15) is 0 Å². The van der Waals surface area contributed by atoms with E-state index in [1.165, 1.54) is 22.9 Å². The van der Waals surface area contributed by atoms with Crippen LogP contribution in [0.4, 0.5) is 0 Å². The Morgan fingerprint density at radius 2 is 2.26 bits per heavy atom. The second kappa shape index (κ2) is 6.27. The van der Waals surface area contributed by atoms with E-state index in [-0.39, 0.29) is 5.60 Å². The Morgan fingerprint density at radius 1 is 1.35 bits per heavy atom. The van der Waals surface area contributed by atoms with Gasteiger partial charge in [0, 0.05) is 56.6 Å². The largest absolute Gasteiger partial charge is 0.382 e. The minimum atomic E-state index is 0.100. The normalized spacial score (nSPS) is 23.6. The zero-order valence-electron chi connectivity index (χ0n) is 13.9. The van der Waals surface area contributed by atoms with Crippen molar-refractivity contribution in [2.75, 3.05) is 32.9 Å². The minimum Gasteiger partial charge on any atom is -0.382 e. The van der Waals surface area contributed by atoms with Crippen molar-refractivity contribution in [3.05, 3.63) is 36.0 Å². The van der Waals surface area contributed by atoms with E-state index < -0.39 is 0 Å². The second-order valence-corrected chi connectivity index (χ2v) is 6.89. The summed E-state index contributed by atoms with van der Waals surface area (Å²) in [6, 6.07) is 8.70. The van der Waals surface area contributed by atoms with Crippen LogP contribution in [0.1, 0.15) is 25.3 Å². The highest BCUT2D eigenvalue weighted by Crippen LogP contribution is 2.42. The van der Waals surface area contributed by atoms with Crippen LogP contribution in [-0.4, -0.2) is 48.4 Å². The van der Waals surface area contributed by atoms with Crippen LogP contribution < -0.4 is 0 Å². The molecule has 4 nitrogen and oxygen atoms in total. The third-order valence-corrected chi connectivity index (χ3v) is 5.48. The van der Waals surface area contributed by atoms with Crippen molar-refractivity contribution in [2.45, 2.75) is 31.9 Å². The first-order chi connectivity index (χ1) is 11.3. The molecule has 1 atom stereocenters. The fraction of sp³-hybridized carbons (Fsp3) is 0.579. The molecule has 4 heteroatoms. The number of aromatic nitrogens is 1. The summed E-state index contributed by atoms with van der Waals surface area (Å²) < 4.78 is 11.7. The number of aromatic amines is 1. The number of H-pyrrole nitrogens is 1. The topological polar surface area (TPSA) is 37.5 Å². The molecular weight excluding hydrogens is 288 g/mol. The van der Waals surface area contributed by atoms with Crippen molar-refractivity contribution in [1.29, 1.82) is 0 Å². The molecule has 0 bridgehead atoms. The van der Waals surface area contributed by atoms with Gasteiger partial charge in [-0.1, -0.05) is 12.1 Å². The zero-order valence-corrected chi connectivity index (χ0v) is 13.9. The fourth-order valence-corrected chi connectivity index (χ4v) is 4.26. The molecule has 1 N–H and O–H groups in total. The number of rotatable bonds is 6. The maximum atomic E-state index is 6.16. The summed E-state index contributed by atoms with van der Waals surface area (Å²) in [6.45, 7) is 7.79. The van der Waals surface area contributed by atoms with E-state index in [1.54, 1.807) is 0 Å². The molecule has 124 valence electrons. The fourth-order valence-electron chi connectivity index (χ4n) is 4.26. The lowest BCUT2D eigenvalue weighted by Crippen LogP contribution is -2.64. The van der Waals surface area contributed by atoms with Crippen LogP contribution in [0.3, 0.4) is 0 Å². The van der Waals surface area contributed by atoms with Crippen LogP contribution in [0.5, 0.6) is 0 Å². The number of fused-ring (bicyclic) bond motifs is 1. The monoisotopic (exact) mass is 314 g/mol. The van der Waals surface area contributed by atoms with E-state index in [0.29, 0.717) is 5.92 Å². The van der Waals surface area contributed by atoms with Crippen molar-refractivity contribution in [3.63, 3.8) is 0 Å². The number of ether oxygens (including phenoxy) is 2. The maximum Gasteiger partial charge on any atom is 0.0964 e. The SMILES string of the molecule is CCOCC[C@@H]1CCOC12CN(Cc1cccc3[nH]ccc13)C2. The van der Waals surface area contributed by atoms with Gasteiger partial charge in [0.05, 0.1) is 5.60 Å². The number of hydrogen-bond acceptors (Lipinski definition) is 3. The van der Waals surface area contributed by atoms with Crippen molar-refractivity contribution in [3.8, 4) is 0 Å². The molecule has 2 saturated heterocycles. The van der Waals surface area contributed by atoms with E-state index in [4.69, 9.17) is 9.47 Å². The van der Waals surface area contributed by atoms with Gasteiger partial charge in [0.25, 0.3) is 0 Å². The Kier molecular flexibility index (Phi) is 4.14. The van der Waals surface area contributed by atoms with Gasteiger partial charge in [-0.05, 0) is 43.4 Å². The Balaban J connectivity index is 1.38. The molecule has 1 aromatic heterocycles. The lowest BCUT2D eigenvalue weighted by atomic mass is 9.79. The number of benzene rings is 1. The van der Waals surface area contributed by atoms with Crippen LogP contribution in [0.15, 0.2) is 30.5 Å². The van der Waals surface area contributed by atoms with Crippen molar-refractivity contribution in [1.82, 2.24) is 9.88 Å².